The topological polar surface area (TPSA) is 41.6 Å². The average molecular weight is 271 g/mol. The average Bonchev–Trinajstić information content (AvgIpc) is 2.37. The first-order chi connectivity index (χ1) is 8.65. The number of rotatable bonds is 6. The highest BCUT2D eigenvalue weighted by Crippen LogP contribution is 2.13. The molecule has 100 valence electrons. The van der Waals surface area contributed by atoms with Crippen LogP contribution < -0.4 is 5.32 Å². The fourth-order valence-electron chi connectivity index (χ4n) is 1.49. The Morgan fingerprint density at radius 1 is 1.28 bits per heavy atom. The highest BCUT2D eigenvalue weighted by molar-refractivity contribution is 6.30. The van der Waals surface area contributed by atoms with Gasteiger partial charge in [-0.1, -0.05) is 25.4 Å². The van der Waals surface area contributed by atoms with Crippen molar-refractivity contribution in [2.75, 3.05) is 31.6 Å². The van der Waals surface area contributed by atoms with Crippen LogP contribution in [0.25, 0.3) is 0 Å². The van der Waals surface area contributed by atoms with Gasteiger partial charge in [-0.3, -0.25) is 5.32 Å². The fraction of sp³-hybridized carbons (Fsp3) is 0.462. The van der Waals surface area contributed by atoms with Gasteiger partial charge in [-0.2, -0.15) is 0 Å². The van der Waals surface area contributed by atoms with Gasteiger partial charge in [0, 0.05) is 17.3 Å². The third kappa shape index (κ3) is 5.38. The van der Waals surface area contributed by atoms with Crippen LogP contribution in [-0.4, -0.2) is 37.2 Å². The molecule has 0 unspecified atom stereocenters. The number of ether oxygens (including phenoxy) is 1. The molecule has 0 spiro atoms. The van der Waals surface area contributed by atoms with Crippen LogP contribution in [0.3, 0.4) is 0 Å². The summed E-state index contributed by atoms with van der Waals surface area (Å²) in [5, 5.41) is 3.28. The van der Waals surface area contributed by atoms with Crippen LogP contribution in [0.1, 0.15) is 13.8 Å². The SMILES string of the molecule is CCN(CC)CCOC(=O)Nc1ccc(Cl)cc1. The number of carbonyl (C=O) groups excluding carboxylic acids is 1. The monoisotopic (exact) mass is 270 g/mol. The third-order valence-electron chi connectivity index (χ3n) is 2.63. The van der Waals surface area contributed by atoms with E-state index in [1.807, 2.05) is 0 Å². The molecule has 0 aliphatic carbocycles. The van der Waals surface area contributed by atoms with Gasteiger partial charge in [0.15, 0.2) is 0 Å². The standard InChI is InChI=1S/C13H19ClN2O2/c1-3-16(4-2)9-10-18-13(17)15-12-7-5-11(14)6-8-12/h5-8H,3-4,9-10H2,1-2H3,(H,15,17). The first kappa shape index (κ1) is 14.8. The van der Waals surface area contributed by atoms with Crippen LogP contribution in [0.4, 0.5) is 10.5 Å². The molecule has 0 aliphatic rings. The Bertz CT molecular complexity index is 364. The quantitative estimate of drug-likeness (QED) is 0.863. The molecule has 1 aromatic carbocycles. The van der Waals surface area contributed by atoms with E-state index in [0.717, 1.165) is 19.6 Å². The molecule has 1 aromatic rings. The van der Waals surface area contributed by atoms with Crippen molar-refractivity contribution in [1.82, 2.24) is 4.90 Å². The van der Waals surface area contributed by atoms with Gasteiger partial charge in [-0.05, 0) is 37.4 Å². The number of amides is 1. The first-order valence-corrected chi connectivity index (χ1v) is 6.45. The molecule has 0 bridgehead atoms. The number of halogens is 1. The van der Waals surface area contributed by atoms with Gasteiger partial charge < -0.3 is 9.64 Å². The molecule has 1 N–H and O–H groups in total. The van der Waals surface area contributed by atoms with E-state index in [0.29, 0.717) is 17.3 Å². The smallest absolute Gasteiger partial charge is 0.411 e. The van der Waals surface area contributed by atoms with Crippen LogP contribution in [0.2, 0.25) is 5.02 Å². The second kappa shape index (κ2) is 7.95. The largest absolute Gasteiger partial charge is 0.448 e. The maximum absolute atomic E-state index is 11.5. The van der Waals surface area contributed by atoms with E-state index in [2.05, 4.69) is 24.1 Å². The second-order valence-electron chi connectivity index (χ2n) is 3.79. The molecule has 18 heavy (non-hydrogen) atoms. The van der Waals surface area contributed by atoms with Gasteiger partial charge in [-0.15, -0.1) is 0 Å². The Balaban J connectivity index is 2.27. The number of benzene rings is 1. The van der Waals surface area contributed by atoms with Crippen molar-refractivity contribution in [2.45, 2.75) is 13.8 Å². The van der Waals surface area contributed by atoms with Crippen molar-refractivity contribution in [2.24, 2.45) is 0 Å². The molecule has 0 fully saturated rings. The molecule has 5 heteroatoms. The summed E-state index contributed by atoms with van der Waals surface area (Å²) in [7, 11) is 0. The number of nitrogens with one attached hydrogen (secondary N) is 1. The summed E-state index contributed by atoms with van der Waals surface area (Å²) in [6.07, 6.45) is -0.440. The summed E-state index contributed by atoms with van der Waals surface area (Å²) < 4.78 is 5.09. The summed E-state index contributed by atoms with van der Waals surface area (Å²) in [6.45, 7) is 7.22. The molecule has 0 radical (unpaired) electrons. The Kier molecular flexibility index (Phi) is 6.54. The number of anilines is 1. The normalized spacial score (nSPS) is 10.4. The van der Waals surface area contributed by atoms with Crippen molar-refractivity contribution in [3.8, 4) is 0 Å². The van der Waals surface area contributed by atoms with Gasteiger partial charge in [0.1, 0.15) is 6.61 Å². The maximum Gasteiger partial charge on any atom is 0.411 e. The number of carbonyl (C=O) groups is 1. The zero-order valence-electron chi connectivity index (χ0n) is 10.8. The highest BCUT2D eigenvalue weighted by Gasteiger charge is 2.04. The molecule has 1 amide bonds. The summed E-state index contributed by atoms with van der Waals surface area (Å²) in [5.41, 5.74) is 0.673. The molecule has 4 nitrogen and oxygen atoms in total. The summed E-state index contributed by atoms with van der Waals surface area (Å²) in [6, 6.07) is 6.89. The van der Waals surface area contributed by atoms with E-state index in [1.54, 1.807) is 24.3 Å². The molecule has 0 atom stereocenters. The minimum Gasteiger partial charge on any atom is -0.448 e. The van der Waals surface area contributed by atoms with Crippen molar-refractivity contribution in [3.63, 3.8) is 0 Å². The van der Waals surface area contributed by atoms with E-state index < -0.39 is 6.09 Å². The Morgan fingerprint density at radius 3 is 2.44 bits per heavy atom. The molecule has 0 saturated heterocycles. The summed E-state index contributed by atoms with van der Waals surface area (Å²) in [4.78, 5) is 13.7. The fourth-order valence-corrected chi connectivity index (χ4v) is 1.62. The number of hydrogen-bond donors (Lipinski definition) is 1. The van der Waals surface area contributed by atoms with Crippen LogP contribution in [0.15, 0.2) is 24.3 Å². The second-order valence-corrected chi connectivity index (χ2v) is 4.23. The highest BCUT2D eigenvalue weighted by atomic mass is 35.5. The molecule has 1 rings (SSSR count). The Hall–Kier alpha value is -1.26. The van der Waals surface area contributed by atoms with E-state index in [9.17, 15) is 4.79 Å². The van der Waals surface area contributed by atoms with Gasteiger partial charge in [0.25, 0.3) is 0 Å². The van der Waals surface area contributed by atoms with Gasteiger partial charge in [0.05, 0.1) is 0 Å². The summed E-state index contributed by atoms with van der Waals surface area (Å²) in [5.74, 6) is 0. The van der Waals surface area contributed by atoms with Gasteiger partial charge >= 0.3 is 6.09 Å². The lowest BCUT2D eigenvalue weighted by molar-refractivity contribution is 0.142. The van der Waals surface area contributed by atoms with E-state index in [1.165, 1.54) is 0 Å². The lowest BCUT2D eigenvalue weighted by Crippen LogP contribution is -2.28. The van der Waals surface area contributed by atoms with E-state index >= 15 is 0 Å². The van der Waals surface area contributed by atoms with Crippen LogP contribution >= 0.6 is 11.6 Å². The van der Waals surface area contributed by atoms with Crippen molar-refractivity contribution >= 4 is 23.4 Å². The molecule has 0 aromatic heterocycles. The molecular weight excluding hydrogens is 252 g/mol. The predicted octanol–water partition coefficient (Wildman–Crippen LogP) is 3.23. The van der Waals surface area contributed by atoms with Crippen LogP contribution in [-0.2, 0) is 4.74 Å². The predicted molar refractivity (Wildman–Crippen MR) is 74.2 cm³/mol. The van der Waals surface area contributed by atoms with Crippen molar-refractivity contribution < 1.29 is 9.53 Å². The minimum atomic E-state index is -0.440. The first-order valence-electron chi connectivity index (χ1n) is 6.07. The number of likely N-dealkylation sites (N-methyl/N-ethyl adjacent to an activating group) is 1. The Labute approximate surface area is 113 Å². The van der Waals surface area contributed by atoms with E-state index in [4.69, 9.17) is 16.3 Å². The van der Waals surface area contributed by atoms with Crippen LogP contribution in [0.5, 0.6) is 0 Å². The van der Waals surface area contributed by atoms with Gasteiger partial charge in [-0.25, -0.2) is 4.79 Å². The third-order valence-corrected chi connectivity index (χ3v) is 2.88. The summed E-state index contributed by atoms with van der Waals surface area (Å²) >= 11 is 5.75. The Morgan fingerprint density at radius 2 is 1.89 bits per heavy atom. The zero-order chi connectivity index (χ0) is 13.4. The lowest BCUT2D eigenvalue weighted by Gasteiger charge is -2.17. The van der Waals surface area contributed by atoms with Crippen LogP contribution in [0, 0.1) is 0 Å². The molecular formula is C13H19ClN2O2. The van der Waals surface area contributed by atoms with Gasteiger partial charge in [0.2, 0.25) is 0 Å². The molecule has 0 saturated carbocycles. The maximum atomic E-state index is 11.5. The number of hydrogen-bond acceptors (Lipinski definition) is 3. The minimum absolute atomic E-state index is 0.390. The van der Waals surface area contributed by atoms with Crippen molar-refractivity contribution in [3.05, 3.63) is 29.3 Å². The zero-order valence-corrected chi connectivity index (χ0v) is 11.5. The van der Waals surface area contributed by atoms with E-state index in [-0.39, 0.29) is 0 Å². The number of nitrogens with zero attached hydrogens (tertiary/aromatic N) is 1. The lowest BCUT2D eigenvalue weighted by atomic mass is 10.3. The molecule has 0 heterocycles. The molecule has 0 aliphatic heterocycles. The van der Waals surface area contributed by atoms with Crippen molar-refractivity contribution in [1.29, 1.82) is 0 Å².